The molecule has 2 N–H and O–H groups in total. The number of piperidine rings is 1. The number of anilines is 1. The normalized spacial score (nSPS) is 16.5. The van der Waals surface area contributed by atoms with Crippen LogP contribution in [0.15, 0.2) is 36.7 Å². The van der Waals surface area contributed by atoms with Crippen LogP contribution in [0.1, 0.15) is 31.2 Å². The van der Waals surface area contributed by atoms with Crippen LogP contribution in [0.3, 0.4) is 0 Å². The van der Waals surface area contributed by atoms with Gasteiger partial charge in [0.25, 0.3) is 0 Å². The number of hydrogen-bond acceptors (Lipinski definition) is 7. The van der Waals surface area contributed by atoms with Gasteiger partial charge in [0.15, 0.2) is 11.5 Å². The monoisotopic (exact) mass is 492 g/mol. The van der Waals surface area contributed by atoms with E-state index in [1.165, 1.54) is 37.8 Å². The first-order valence-electron chi connectivity index (χ1n) is 11.2. The maximum atomic E-state index is 13.3. The Morgan fingerprint density at radius 3 is 2.50 bits per heavy atom. The van der Waals surface area contributed by atoms with Crippen LogP contribution < -0.4 is 24.2 Å². The summed E-state index contributed by atoms with van der Waals surface area (Å²) in [6.07, 6.45) is 6.96. The highest BCUT2D eigenvalue weighted by Crippen LogP contribution is 2.40. The third-order valence-corrected chi connectivity index (χ3v) is 7.19. The molecule has 186 valence electrons. The molecule has 2 aromatic rings. The van der Waals surface area contributed by atoms with E-state index in [-0.39, 0.29) is 18.1 Å². The van der Waals surface area contributed by atoms with Gasteiger partial charge in [0.1, 0.15) is 6.04 Å². The van der Waals surface area contributed by atoms with Crippen molar-refractivity contribution in [2.24, 2.45) is 0 Å². The van der Waals surface area contributed by atoms with Crippen LogP contribution in [0, 0.1) is 0 Å². The lowest BCUT2D eigenvalue weighted by atomic mass is 10.0. The summed E-state index contributed by atoms with van der Waals surface area (Å²) in [5.74, 6) is 0.706. The summed E-state index contributed by atoms with van der Waals surface area (Å²) >= 11 is 0. The van der Waals surface area contributed by atoms with Crippen LogP contribution >= 0.6 is 0 Å². The van der Waals surface area contributed by atoms with Crippen molar-refractivity contribution in [3.8, 4) is 17.2 Å². The van der Waals surface area contributed by atoms with Crippen molar-refractivity contribution >= 4 is 21.8 Å². The lowest BCUT2D eigenvalue weighted by molar-refractivity contribution is -0.125. The van der Waals surface area contributed by atoms with Crippen LogP contribution in [0.25, 0.3) is 0 Å². The Balaban J connectivity index is 1.67. The molecule has 0 spiro atoms. The third-order valence-electron chi connectivity index (χ3n) is 5.64. The molecule has 1 saturated heterocycles. The molecule has 10 nitrogen and oxygen atoms in total. The summed E-state index contributed by atoms with van der Waals surface area (Å²) in [5, 5.41) is 2.89. The fraction of sp³-hybridized carbons (Fsp3) is 0.478. The van der Waals surface area contributed by atoms with Gasteiger partial charge in [-0.05, 0) is 37.3 Å². The minimum atomic E-state index is -4.01. The van der Waals surface area contributed by atoms with Gasteiger partial charge in [0.05, 0.1) is 27.0 Å². The summed E-state index contributed by atoms with van der Waals surface area (Å²) in [6, 6.07) is 6.11. The number of rotatable bonds is 11. The Labute approximate surface area is 200 Å². The maximum Gasteiger partial charge on any atom is 0.302 e. The highest BCUT2D eigenvalue weighted by atomic mass is 32.2. The standard InChI is InChI=1S/C23H32N4O6S/c1-31-20-14-18(15-21(32-2)22(20)33-3)26-34(29,30)27-13-5-4-10-19(27)23(28)25-12-7-9-17-8-6-11-24-16-17/h6,8,11,14-16,19,26H,4-5,7,9-10,12-13H2,1-3H3,(H,25,28)/t19-/m0/s1. The lowest BCUT2D eigenvalue weighted by Crippen LogP contribution is -2.53. The molecule has 2 heterocycles. The van der Waals surface area contributed by atoms with Crippen molar-refractivity contribution in [2.75, 3.05) is 39.1 Å². The number of nitrogens with zero attached hydrogens (tertiary/aromatic N) is 2. The Morgan fingerprint density at radius 2 is 1.88 bits per heavy atom. The molecule has 0 bridgehead atoms. The van der Waals surface area contributed by atoms with Crippen molar-refractivity contribution in [1.29, 1.82) is 0 Å². The van der Waals surface area contributed by atoms with Crippen LogP contribution in [0.4, 0.5) is 5.69 Å². The second-order valence-corrected chi connectivity index (χ2v) is 9.52. The summed E-state index contributed by atoms with van der Waals surface area (Å²) in [7, 11) is 0.365. The molecule has 1 amide bonds. The predicted molar refractivity (Wildman–Crippen MR) is 129 cm³/mol. The Bertz CT molecular complexity index is 1040. The number of carbonyl (C=O) groups excluding carboxylic acids is 1. The van der Waals surface area contributed by atoms with E-state index < -0.39 is 16.3 Å². The molecule has 1 fully saturated rings. The summed E-state index contributed by atoms with van der Waals surface area (Å²) in [6.45, 7) is 0.714. The fourth-order valence-electron chi connectivity index (χ4n) is 3.97. The molecule has 1 aliphatic rings. The lowest BCUT2D eigenvalue weighted by Gasteiger charge is -2.33. The van der Waals surface area contributed by atoms with Crippen LogP contribution in [0.5, 0.6) is 17.2 Å². The van der Waals surface area contributed by atoms with Gasteiger partial charge in [-0.15, -0.1) is 0 Å². The van der Waals surface area contributed by atoms with E-state index in [2.05, 4.69) is 15.0 Å². The fourth-order valence-corrected chi connectivity index (χ4v) is 5.41. The number of carbonyl (C=O) groups is 1. The maximum absolute atomic E-state index is 13.3. The minimum Gasteiger partial charge on any atom is -0.493 e. The zero-order valence-electron chi connectivity index (χ0n) is 19.7. The first kappa shape index (κ1) is 25.6. The van der Waals surface area contributed by atoms with E-state index in [1.807, 2.05) is 12.1 Å². The number of methoxy groups -OCH3 is 3. The smallest absolute Gasteiger partial charge is 0.302 e. The average molecular weight is 493 g/mol. The molecule has 1 atom stereocenters. The van der Waals surface area contributed by atoms with Crippen LogP contribution in [-0.4, -0.2) is 64.1 Å². The van der Waals surface area contributed by atoms with Crippen molar-refractivity contribution < 1.29 is 27.4 Å². The van der Waals surface area contributed by atoms with Crippen molar-refractivity contribution in [2.45, 2.75) is 38.1 Å². The van der Waals surface area contributed by atoms with Crippen LogP contribution in [0.2, 0.25) is 0 Å². The largest absolute Gasteiger partial charge is 0.493 e. The molecule has 3 rings (SSSR count). The zero-order chi connectivity index (χ0) is 24.6. The molecular formula is C23H32N4O6S. The number of aromatic nitrogens is 1. The summed E-state index contributed by atoms with van der Waals surface area (Å²) in [4.78, 5) is 17.0. The number of pyridine rings is 1. The zero-order valence-corrected chi connectivity index (χ0v) is 20.6. The molecular weight excluding hydrogens is 460 g/mol. The van der Waals surface area contributed by atoms with Crippen LogP contribution in [-0.2, 0) is 21.4 Å². The molecule has 1 aliphatic heterocycles. The molecule has 1 aromatic heterocycles. The van der Waals surface area contributed by atoms with Gasteiger partial charge >= 0.3 is 10.2 Å². The van der Waals surface area contributed by atoms with Crippen molar-refractivity contribution in [1.82, 2.24) is 14.6 Å². The summed E-state index contributed by atoms with van der Waals surface area (Å²) in [5.41, 5.74) is 1.34. The van der Waals surface area contributed by atoms with E-state index in [0.29, 0.717) is 36.6 Å². The molecule has 0 aliphatic carbocycles. The van der Waals surface area contributed by atoms with Gasteiger partial charge in [0.2, 0.25) is 11.7 Å². The Hall–Kier alpha value is -3.05. The number of amides is 1. The SMILES string of the molecule is COc1cc(NS(=O)(=O)N2CCCC[C@H]2C(=O)NCCCc2cccnc2)cc(OC)c1OC. The van der Waals surface area contributed by atoms with E-state index in [0.717, 1.165) is 24.8 Å². The van der Waals surface area contributed by atoms with Gasteiger partial charge in [-0.3, -0.25) is 14.5 Å². The minimum absolute atomic E-state index is 0.246. The number of hydrogen-bond donors (Lipinski definition) is 2. The third kappa shape index (κ3) is 6.29. The van der Waals surface area contributed by atoms with E-state index >= 15 is 0 Å². The molecule has 0 radical (unpaired) electrons. The summed E-state index contributed by atoms with van der Waals surface area (Å²) < 4.78 is 46.2. The number of nitrogens with one attached hydrogen (secondary N) is 2. The number of benzene rings is 1. The highest BCUT2D eigenvalue weighted by molar-refractivity contribution is 7.90. The quantitative estimate of drug-likeness (QED) is 0.462. The Kier molecular flexibility index (Phi) is 8.94. The molecule has 1 aromatic carbocycles. The second kappa shape index (κ2) is 11.9. The van der Waals surface area contributed by atoms with E-state index in [4.69, 9.17) is 14.2 Å². The van der Waals surface area contributed by atoms with Gasteiger partial charge in [-0.25, -0.2) is 0 Å². The molecule has 34 heavy (non-hydrogen) atoms. The predicted octanol–water partition coefficient (Wildman–Crippen LogP) is 2.37. The first-order chi connectivity index (χ1) is 16.4. The first-order valence-corrected chi connectivity index (χ1v) is 12.6. The number of aryl methyl sites for hydroxylation is 1. The van der Waals surface area contributed by atoms with E-state index in [1.54, 1.807) is 12.4 Å². The van der Waals surface area contributed by atoms with Gasteiger partial charge < -0.3 is 19.5 Å². The second-order valence-electron chi connectivity index (χ2n) is 7.90. The van der Waals surface area contributed by atoms with Gasteiger partial charge in [-0.2, -0.15) is 12.7 Å². The average Bonchev–Trinajstić information content (AvgIpc) is 2.86. The van der Waals surface area contributed by atoms with Gasteiger partial charge in [-0.1, -0.05) is 12.5 Å². The van der Waals surface area contributed by atoms with E-state index in [9.17, 15) is 13.2 Å². The molecule has 11 heteroatoms. The topological polar surface area (TPSA) is 119 Å². The Morgan fingerprint density at radius 1 is 1.15 bits per heavy atom. The highest BCUT2D eigenvalue weighted by Gasteiger charge is 2.37. The number of ether oxygens (including phenoxy) is 3. The molecule has 0 saturated carbocycles. The van der Waals surface area contributed by atoms with Crippen molar-refractivity contribution in [3.63, 3.8) is 0 Å². The van der Waals surface area contributed by atoms with Gasteiger partial charge in [0, 0.05) is 37.6 Å². The van der Waals surface area contributed by atoms with Crippen molar-refractivity contribution in [3.05, 3.63) is 42.2 Å². The molecule has 0 unspecified atom stereocenters.